The van der Waals surface area contributed by atoms with Crippen LogP contribution in [0.3, 0.4) is 0 Å². The maximum atomic E-state index is 7.53. The van der Waals surface area contributed by atoms with Crippen LogP contribution in [0.15, 0.2) is 78.9 Å². The summed E-state index contributed by atoms with van der Waals surface area (Å²) in [6.07, 6.45) is 2.13. The number of hydrogen-bond donors (Lipinski definition) is 2. The van der Waals surface area contributed by atoms with Crippen LogP contribution in [0.1, 0.15) is 22.3 Å². The number of nitrogens with two attached hydrogens (primary N) is 1. The van der Waals surface area contributed by atoms with Crippen LogP contribution in [0.5, 0.6) is 0 Å². The van der Waals surface area contributed by atoms with Gasteiger partial charge in [-0.25, -0.2) is 0 Å². The van der Waals surface area contributed by atoms with Crippen LogP contribution >= 0.6 is 11.6 Å². The molecule has 0 aliphatic rings. The van der Waals surface area contributed by atoms with Gasteiger partial charge >= 0.3 is 0 Å². The van der Waals surface area contributed by atoms with Gasteiger partial charge < -0.3 is 5.73 Å². The van der Waals surface area contributed by atoms with Crippen molar-refractivity contribution < 1.29 is 0 Å². The summed E-state index contributed by atoms with van der Waals surface area (Å²) >= 11 is 5.98. The molecule has 0 aromatic heterocycles. The second-order valence-corrected chi connectivity index (χ2v) is 5.90. The summed E-state index contributed by atoms with van der Waals surface area (Å²) in [6.45, 7) is 0. The predicted molar refractivity (Wildman–Crippen MR) is 102 cm³/mol. The molecular weight excluding hydrogens is 316 g/mol. The Morgan fingerprint density at radius 3 is 1.88 bits per heavy atom. The van der Waals surface area contributed by atoms with Gasteiger partial charge in [0.2, 0.25) is 0 Å². The van der Waals surface area contributed by atoms with Crippen LogP contribution in [-0.2, 0) is 0 Å². The molecular formula is C21H17ClN2. The van der Waals surface area contributed by atoms with Crippen molar-refractivity contribution in [1.82, 2.24) is 0 Å². The quantitative estimate of drug-likeness (QED) is 0.384. The SMILES string of the molecule is N=C(N)c1ccc(C(=Cc2ccc(Cl)cc2)c2ccccc2)cc1. The first-order valence-electron chi connectivity index (χ1n) is 7.61. The van der Waals surface area contributed by atoms with Crippen LogP contribution in [0.25, 0.3) is 11.6 Å². The lowest BCUT2D eigenvalue weighted by atomic mass is 9.95. The van der Waals surface area contributed by atoms with Gasteiger partial charge in [-0.2, -0.15) is 0 Å². The molecule has 118 valence electrons. The van der Waals surface area contributed by atoms with Crippen molar-refractivity contribution in [3.63, 3.8) is 0 Å². The number of amidine groups is 1. The fraction of sp³-hybridized carbons (Fsp3) is 0. The molecule has 0 unspecified atom stereocenters. The molecule has 0 heterocycles. The lowest BCUT2D eigenvalue weighted by Crippen LogP contribution is -2.10. The van der Waals surface area contributed by atoms with E-state index in [0.29, 0.717) is 0 Å². The van der Waals surface area contributed by atoms with Gasteiger partial charge in [-0.1, -0.05) is 78.3 Å². The Bertz CT molecular complexity index is 864. The monoisotopic (exact) mass is 332 g/mol. The molecule has 0 bridgehead atoms. The lowest BCUT2D eigenvalue weighted by Gasteiger charge is -2.10. The summed E-state index contributed by atoms with van der Waals surface area (Å²) in [7, 11) is 0. The van der Waals surface area contributed by atoms with Crippen molar-refractivity contribution in [1.29, 1.82) is 5.41 Å². The predicted octanol–water partition coefficient (Wildman–Crippen LogP) is 5.21. The molecule has 0 atom stereocenters. The standard InChI is InChI=1S/C21H17ClN2/c22-19-12-6-15(7-13-19)14-20(16-4-2-1-3-5-16)17-8-10-18(11-9-17)21(23)24/h1-14H,(H3,23,24). The van der Waals surface area contributed by atoms with E-state index in [1.165, 1.54) is 0 Å². The van der Waals surface area contributed by atoms with E-state index in [9.17, 15) is 0 Å². The molecule has 0 amide bonds. The molecule has 0 saturated heterocycles. The second-order valence-electron chi connectivity index (χ2n) is 5.47. The second kappa shape index (κ2) is 7.16. The Kier molecular flexibility index (Phi) is 4.78. The molecule has 3 N–H and O–H groups in total. The maximum Gasteiger partial charge on any atom is 0.122 e. The molecule has 0 spiro atoms. The molecule has 0 radical (unpaired) electrons. The van der Waals surface area contributed by atoms with Crippen molar-refractivity contribution in [2.75, 3.05) is 0 Å². The largest absolute Gasteiger partial charge is 0.384 e. The highest BCUT2D eigenvalue weighted by molar-refractivity contribution is 6.30. The molecule has 0 aliphatic carbocycles. The topological polar surface area (TPSA) is 49.9 Å². The lowest BCUT2D eigenvalue weighted by molar-refractivity contribution is 1.42. The van der Waals surface area contributed by atoms with Crippen LogP contribution in [0.2, 0.25) is 5.02 Å². The molecule has 3 rings (SSSR count). The third-order valence-corrected chi connectivity index (χ3v) is 4.02. The van der Waals surface area contributed by atoms with Crippen molar-refractivity contribution in [2.45, 2.75) is 0 Å². The smallest absolute Gasteiger partial charge is 0.122 e. The number of nitrogens with one attached hydrogen (secondary N) is 1. The minimum absolute atomic E-state index is 0.0736. The van der Waals surface area contributed by atoms with E-state index in [4.69, 9.17) is 22.7 Å². The van der Waals surface area contributed by atoms with Crippen molar-refractivity contribution in [3.8, 4) is 0 Å². The van der Waals surface area contributed by atoms with Crippen LogP contribution in [0, 0.1) is 5.41 Å². The summed E-state index contributed by atoms with van der Waals surface area (Å²) in [5.41, 5.74) is 10.6. The Morgan fingerprint density at radius 1 is 0.750 bits per heavy atom. The molecule has 0 aliphatic heterocycles. The van der Waals surface area contributed by atoms with Crippen LogP contribution < -0.4 is 5.73 Å². The summed E-state index contributed by atoms with van der Waals surface area (Å²) in [5.74, 6) is 0.0736. The van der Waals surface area contributed by atoms with Crippen molar-refractivity contribution in [3.05, 3.63) is 106 Å². The first kappa shape index (κ1) is 16.0. The fourth-order valence-corrected chi connectivity index (χ4v) is 2.63. The van der Waals surface area contributed by atoms with Crippen LogP contribution in [-0.4, -0.2) is 5.84 Å². The van der Waals surface area contributed by atoms with Gasteiger partial charge in [0.25, 0.3) is 0 Å². The van der Waals surface area contributed by atoms with E-state index in [2.05, 4.69) is 18.2 Å². The van der Waals surface area contributed by atoms with Crippen molar-refractivity contribution >= 4 is 29.1 Å². The van der Waals surface area contributed by atoms with E-state index >= 15 is 0 Å². The fourth-order valence-electron chi connectivity index (χ4n) is 2.51. The van der Waals surface area contributed by atoms with Gasteiger partial charge in [0.15, 0.2) is 0 Å². The highest BCUT2D eigenvalue weighted by Crippen LogP contribution is 2.26. The van der Waals surface area contributed by atoms with E-state index in [1.54, 1.807) is 0 Å². The van der Waals surface area contributed by atoms with E-state index in [-0.39, 0.29) is 5.84 Å². The Labute approximate surface area is 146 Å². The Morgan fingerprint density at radius 2 is 1.29 bits per heavy atom. The summed E-state index contributed by atoms with van der Waals surface area (Å²) in [6, 6.07) is 25.7. The van der Waals surface area contributed by atoms with Gasteiger partial charge in [-0.3, -0.25) is 5.41 Å². The maximum absolute atomic E-state index is 7.53. The molecule has 3 heteroatoms. The normalized spacial score (nSPS) is 11.3. The molecule has 3 aromatic rings. The molecule has 3 aromatic carbocycles. The number of benzene rings is 3. The zero-order valence-corrected chi connectivity index (χ0v) is 13.8. The molecule has 24 heavy (non-hydrogen) atoms. The zero-order chi connectivity index (χ0) is 16.9. The third kappa shape index (κ3) is 3.73. The summed E-state index contributed by atoms with van der Waals surface area (Å²) in [5, 5.41) is 8.25. The number of nitrogen functional groups attached to an aromatic ring is 1. The Balaban J connectivity index is 2.08. The molecule has 0 fully saturated rings. The minimum Gasteiger partial charge on any atom is -0.384 e. The minimum atomic E-state index is 0.0736. The van der Waals surface area contributed by atoms with Crippen LogP contribution in [0.4, 0.5) is 0 Å². The number of hydrogen-bond acceptors (Lipinski definition) is 1. The van der Waals surface area contributed by atoms with Gasteiger partial charge in [0.1, 0.15) is 5.84 Å². The van der Waals surface area contributed by atoms with E-state index < -0.39 is 0 Å². The van der Waals surface area contributed by atoms with Gasteiger partial charge in [0.05, 0.1) is 0 Å². The van der Waals surface area contributed by atoms with Crippen molar-refractivity contribution in [2.24, 2.45) is 5.73 Å². The Hall–Kier alpha value is -2.84. The first-order chi connectivity index (χ1) is 11.6. The van der Waals surface area contributed by atoms with Gasteiger partial charge in [0, 0.05) is 10.6 Å². The highest BCUT2D eigenvalue weighted by Gasteiger charge is 2.06. The number of halogens is 1. The molecule has 0 saturated carbocycles. The van der Waals surface area contributed by atoms with Gasteiger partial charge in [-0.05, 0) is 40.5 Å². The zero-order valence-electron chi connectivity index (χ0n) is 13.0. The van der Waals surface area contributed by atoms with E-state index in [1.807, 2.05) is 66.7 Å². The van der Waals surface area contributed by atoms with E-state index in [0.717, 1.165) is 32.8 Å². The third-order valence-electron chi connectivity index (χ3n) is 3.77. The summed E-state index contributed by atoms with van der Waals surface area (Å²) in [4.78, 5) is 0. The average Bonchev–Trinajstić information content (AvgIpc) is 2.62. The molecule has 2 nitrogen and oxygen atoms in total. The summed E-state index contributed by atoms with van der Waals surface area (Å²) < 4.78 is 0. The number of rotatable bonds is 4. The highest BCUT2D eigenvalue weighted by atomic mass is 35.5. The average molecular weight is 333 g/mol. The first-order valence-corrected chi connectivity index (χ1v) is 7.99. The van der Waals surface area contributed by atoms with Gasteiger partial charge in [-0.15, -0.1) is 0 Å².